The van der Waals surface area contributed by atoms with E-state index in [0.717, 1.165) is 55.1 Å². The van der Waals surface area contributed by atoms with E-state index in [0.29, 0.717) is 16.4 Å². The summed E-state index contributed by atoms with van der Waals surface area (Å²) in [7, 11) is 0. The van der Waals surface area contributed by atoms with Gasteiger partial charge in [0.2, 0.25) is 11.0 Å². The van der Waals surface area contributed by atoms with Crippen LogP contribution in [-0.2, 0) is 11.2 Å². The number of carbonyl (C=O) groups excluding carboxylic acids is 2. The molecule has 1 aliphatic heterocycles. The highest BCUT2D eigenvalue weighted by Gasteiger charge is 2.19. The summed E-state index contributed by atoms with van der Waals surface area (Å²) in [6.07, 6.45) is 6.48. The molecule has 1 fully saturated rings. The van der Waals surface area contributed by atoms with Crippen molar-refractivity contribution in [3.63, 3.8) is 0 Å². The van der Waals surface area contributed by atoms with Crippen LogP contribution in [0.3, 0.4) is 0 Å². The number of hydrogen-bond donors (Lipinski definition) is 1. The number of anilines is 1. The van der Waals surface area contributed by atoms with Crippen molar-refractivity contribution in [2.75, 3.05) is 24.2 Å². The predicted octanol–water partition coefficient (Wildman–Crippen LogP) is 4.24. The second kappa shape index (κ2) is 10.6. The summed E-state index contributed by atoms with van der Waals surface area (Å²) in [5.74, 6) is 0.275. The Labute approximate surface area is 174 Å². The van der Waals surface area contributed by atoms with E-state index in [1.807, 2.05) is 23.1 Å². The number of aromatic nitrogens is 2. The number of nitrogens with one attached hydrogen (secondary N) is 1. The first-order valence-corrected chi connectivity index (χ1v) is 11.6. The van der Waals surface area contributed by atoms with Crippen molar-refractivity contribution in [3.05, 3.63) is 34.8 Å². The van der Waals surface area contributed by atoms with Gasteiger partial charge in [0, 0.05) is 24.4 Å². The summed E-state index contributed by atoms with van der Waals surface area (Å²) in [4.78, 5) is 27.7. The van der Waals surface area contributed by atoms with Gasteiger partial charge >= 0.3 is 0 Å². The summed E-state index contributed by atoms with van der Waals surface area (Å²) in [5, 5.41) is 12.6. The number of nitrogens with zero attached hydrogens (tertiary/aromatic N) is 3. The van der Waals surface area contributed by atoms with Gasteiger partial charge in [-0.05, 0) is 31.4 Å². The molecule has 150 valence electrons. The van der Waals surface area contributed by atoms with Gasteiger partial charge in [-0.1, -0.05) is 43.2 Å². The highest BCUT2D eigenvalue weighted by atomic mass is 32.2. The van der Waals surface area contributed by atoms with Gasteiger partial charge in [-0.3, -0.25) is 14.9 Å². The summed E-state index contributed by atoms with van der Waals surface area (Å²) >= 11 is 2.84. The maximum Gasteiger partial charge on any atom is 0.258 e. The monoisotopic (exact) mass is 418 g/mol. The van der Waals surface area contributed by atoms with Gasteiger partial charge in [0.15, 0.2) is 0 Å². The van der Waals surface area contributed by atoms with Crippen LogP contribution in [0.5, 0.6) is 0 Å². The molecular formula is C20H26N4O2S2. The van der Waals surface area contributed by atoms with Crippen LogP contribution in [0.1, 0.15) is 54.4 Å². The Morgan fingerprint density at radius 1 is 1.18 bits per heavy atom. The van der Waals surface area contributed by atoms with E-state index in [9.17, 15) is 9.59 Å². The molecule has 1 saturated heterocycles. The maximum absolute atomic E-state index is 12.7. The molecule has 2 amide bonds. The summed E-state index contributed by atoms with van der Waals surface area (Å²) in [5.41, 5.74) is 0.560. The van der Waals surface area contributed by atoms with Crippen molar-refractivity contribution in [1.82, 2.24) is 15.1 Å². The van der Waals surface area contributed by atoms with Crippen molar-refractivity contribution in [3.8, 4) is 0 Å². The van der Waals surface area contributed by atoms with E-state index in [-0.39, 0.29) is 11.8 Å². The quantitative estimate of drug-likeness (QED) is 0.487. The molecule has 6 nitrogen and oxygen atoms in total. The van der Waals surface area contributed by atoms with E-state index in [4.69, 9.17) is 0 Å². The molecule has 0 radical (unpaired) electrons. The van der Waals surface area contributed by atoms with Crippen LogP contribution in [0.4, 0.5) is 5.13 Å². The first-order valence-electron chi connectivity index (χ1n) is 9.80. The first kappa shape index (κ1) is 20.8. The number of amides is 2. The summed E-state index contributed by atoms with van der Waals surface area (Å²) in [6, 6.07) is 7.38. The highest BCUT2D eigenvalue weighted by molar-refractivity contribution is 8.00. The van der Waals surface area contributed by atoms with Gasteiger partial charge in [-0.15, -0.1) is 22.0 Å². The number of benzene rings is 1. The number of hydrogen-bond acceptors (Lipinski definition) is 6. The van der Waals surface area contributed by atoms with Gasteiger partial charge in [0.25, 0.3) is 5.91 Å². The second-order valence-corrected chi connectivity index (χ2v) is 8.86. The van der Waals surface area contributed by atoms with E-state index >= 15 is 0 Å². The lowest BCUT2D eigenvalue weighted by Gasteiger charge is -2.15. The zero-order valence-electron chi connectivity index (χ0n) is 16.1. The van der Waals surface area contributed by atoms with Crippen molar-refractivity contribution in [2.45, 2.75) is 50.3 Å². The molecule has 3 rings (SSSR count). The van der Waals surface area contributed by atoms with Crippen LogP contribution < -0.4 is 5.32 Å². The van der Waals surface area contributed by atoms with E-state index in [1.54, 1.807) is 6.07 Å². The first-order chi connectivity index (χ1) is 13.7. The molecule has 0 spiro atoms. The molecule has 1 aromatic heterocycles. The van der Waals surface area contributed by atoms with Crippen LogP contribution in [-0.4, -0.2) is 45.8 Å². The minimum absolute atomic E-state index is 0.138. The molecule has 1 aromatic carbocycles. The molecule has 0 saturated carbocycles. The van der Waals surface area contributed by atoms with Crippen LogP contribution in [0, 0.1) is 0 Å². The van der Waals surface area contributed by atoms with Crippen LogP contribution in [0.25, 0.3) is 0 Å². The van der Waals surface area contributed by atoms with Crippen molar-refractivity contribution < 1.29 is 9.59 Å². The van der Waals surface area contributed by atoms with Crippen molar-refractivity contribution in [1.29, 1.82) is 0 Å². The lowest BCUT2D eigenvalue weighted by Crippen LogP contribution is -2.29. The normalized spacial score (nSPS) is 13.7. The molecule has 0 bridgehead atoms. The van der Waals surface area contributed by atoms with Crippen LogP contribution >= 0.6 is 23.1 Å². The third-order valence-electron chi connectivity index (χ3n) is 4.62. The Hall–Kier alpha value is -1.93. The molecule has 1 aliphatic rings. The van der Waals surface area contributed by atoms with Gasteiger partial charge < -0.3 is 4.90 Å². The van der Waals surface area contributed by atoms with Gasteiger partial charge in [-0.25, -0.2) is 0 Å². The Bertz CT molecular complexity index is 803. The van der Waals surface area contributed by atoms with Crippen LogP contribution in [0.2, 0.25) is 0 Å². The Balaban J connectivity index is 1.58. The van der Waals surface area contributed by atoms with E-state index in [1.165, 1.54) is 29.5 Å². The summed E-state index contributed by atoms with van der Waals surface area (Å²) < 4.78 is 0. The molecule has 2 heterocycles. The van der Waals surface area contributed by atoms with Gasteiger partial charge in [0.1, 0.15) is 5.01 Å². The van der Waals surface area contributed by atoms with E-state index in [2.05, 4.69) is 22.4 Å². The molecule has 1 N–H and O–H groups in total. The van der Waals surface area contributed by atoms with Crippen molar-refractivity contribution >= 4 is 40.0 Å². The standard InChI is InChI=1S/C20H26N4O2S2/c1-2-3-4-11-17-22-23-20(28-17)21-19(26)15-9-5-6-10-16(15)27-14-18(25)24-12-7-8-13-24/h5-6,9-10H,2-4,7-8,11-14H2,1H3,(H,21,23,26). The Morgan fingerprint density at radius 2 is 1.96 bits per heavy atom. The van der Waals surface area contributed by atoms with Gasteiger partial charge in [-0.2, -0.15) is 0 Å². The fraction of sp³-hybridized carbons (Fsp3) is 0.500. The number of aryl methyl sites for hydroxylation is 1. The molecule has 8 heteroatoms. The third-order valence-corrected chi connectivity index (χ3v) is 6.58. The van der Waals surface area contributed by atoms with E-state index < -0.39 is 0 Å². The molecular weight excluding hydrogens is 392 g/mol. The molecule has 0 unspecified atom stereocenters. The maximum atomic E-state index is 12.7. The zero-order chi connectivity index (χ0) is 19.8. The topological polar surface area (TPSA) is 75.2 Å². The number of thioether (sulfide) groups is 1. The SMILES string of the molecule is CCCCCc1nnc(NC(=O)c2ccccc2SCC(=O)N2CCCC2)s1. The molecule has 28 heavy (non-hydrogen) atoms. The van der Waals surface area contributed by atoms with Crippen LogP contribution in [0.15, 0.2) is 29.2 Å². The minimum atomic E-state index is -0.215. The smallest absolute Gasteiger partial charge is 0.258 e. The number of carbonyl (C=O) groups is 2. The molecule has 0 atom stereocenters. The second-order valence-electron chi connectivity index (χ2n) is 6.78. The fourth-order valence-corrected chi connectivity index (χ4v) is 4.80. The predicted molar refractivity (Wildman–Crippen MR) is 114 cm³/mol. The Kier molecular flexibility index (Phi) is 7.85. The Morgan fingerprint density at radius 3 is 2.75 bits per heavy atom. The lowest BCUT2D eigenvalue weighted by molar-refractivity contribution is -0.127. The largest absolute Gasteiger partial charge is 0.342 e. The molecule has 2 aromatic rings. The third kappa shape index (κ3) is 5.78. The highest BCUT2D eigenvalue weighted by Crippen LogP contribution is 2.25. The lowest BCUT2D eigenvalue weighted by atomic mass is 10.2. The fourth-order valence-electron chi connectivity index (χ4n) is 3.07. The minimum Gasteiger partial charge on any atom is -0.342 e. The van der Waals surface area contributed by atoms with Gasteiger partial charge in [0.05, 0.1) is 11.3 Å². The average molecular weight is 419 g/mol. The average Bonchev–Trinajstić information content (AvgIpc) is 3.39. The number of unbranched alkanes of at least 4 members (excludes halogenated alkanes) is 2. The summed E-state index contributed by atoms with van der Waals surface area (Å²) in [6.45, 7) is 3.86. The number of rotatable bonds is 9. The zero-order valence-corrected chi connectivity index (χ0v) is 17.8. The van der Waals surface area contributed by atoms with Crippen molar-refractivity contribution in [2.24, 2.45) is 0 Å². The molecule has 0 aliphatic carbocycles. The number of likely N-dealkylation sites (tertiary alicyclic amines) is 1.